The molecule has 0 atom stereocenters. The molecule has 100 valence electrons. The molecule has 0 spiro atoms. The minimum atomic E-state index is -0.398. The number of hydrogen-bond acceptors (Lipinski definition) is 3. The first kappa shape index (κ1) is 12.9. The Kier molecular flexibility index (Phi) is 3.46. The highest BCUT2D eigenvalue weighted by molar-refractivity contribution is 9.10. The van der Waals surface area contributed by atoms with E-state index in [-0.39, 0.29) is 0 Å². The minimum absolute atomic E-state index is 0.331. The fraction of sp³-hybridized carbons (Fsp3) is 0.533. The van der Waals surface area contributed by atoms with E-state index in [0.29, 0.717) is 6.10 Å². The maximum Gasteiger partial charge on any atom is 0.235 e. The van der Waals surface area contributed by atoms with Gasteiger partial charge in [0.15, 0.2) is 0 Å². The Morgan fingerprint density at radius 2 is 2.11 bits per heavy atom. The van der Waals surface area contributed by atoms with Gasteiger partial charge in [0.2, 0.25) is 6.08 Å². The van der Waals surface area contributed by atoms with Crippen molar-refractivity contribution in [3.63, 3.8) is 0 Å². The van der Waals surface area contributed by atoms with Crippen LogP contribution in [0.2, 0.25) is 0 Å². The zero-order chi connectivity index (χ0) is 13.3. The van der Waals surface area contributed by atoms with Crippen molar-refractivity contribution in [3.05, 3.63) is 28.2 Å². The molecule has 0 saturated heterocycles. The fourth-order valence-electron chi connectivity index (χ4n) is 2.68. The topological polar surface area (TPSA) is 38.7 Å². The molecule has 4 heteroatoms. The van der Waals surface area contributed by atoms with Gasteiger partial charge in [-0.1, -0.05) is 15.9 Å². The van der Waals surface area contributed by atoms with Crippen molar-refractivity contribution >= 4 is 22.0 Å². The molecule has 1 aromatic rings. The first-order valence-corrected chi connectivity index (χ1v) is 7.58. The molecule has 0 radical (unpaired) electrons. The summed E-state index contributed by atoms with van der Waals surface area (Å²) in [5.41, 5.74) is 0.633. The van der Waals surface area contributed by atoms with Gasteiger partial charge in [-0.2, -0.15) is 4.99 Å². The lowest BCUT2D eigenvalue weighted by atomic mass is 9.72. The van der Waals surface area contributed by atoms with Crippen molar-refractivity contribution in [2.45, 2.75) is 50.2 Å². The molecule has 0 N–H and O–H groups in total. The van der Waals surface area contributed by atoms with Gasteiger partial charge < -0.3 is 4.74 Å². The maximum absolute atomic E-state index is 10.7. The molecule has 3 nitrogen and oxygen atoms in total. The fourth-order valence-corrected chi connectivity index (χ4v) is 3.04. The van der Waals surface area contributed by atoms with Crippen LogP contribution in [0.4, 0.5) is 0 Å². The largest absolute Gasteiger partial charge is 0.490 e. The summed E-state index contributed by atoms with van der Waals surface area (Å²) in [6, 6.07) is 6.00. The van der Waals surface area contributed by atoms with Crippen molar-refractivity contribution in [3.8, 4) is 5.75 Å². The smallest absolute Gasteiger partial charge is 0.235 e. The molecule has 2 aliphatic rings. The lowest BCUT2D eigenvalue weighted by molar-refractivity contribution is 0.114. The monoisotopic (exact) mass is 321 g/mol. The highest BCUT2D eigenvalue weighted by Gasteiger charge is 2.41. The summed E-state index contributed by atoms with van der Waals surface area (Å²) in [6.07, 6.45) is 8.47. The van der Waals surface area contributed by atoms with E-state index in [9.17, 15) is 4.79 Å². The Morgan fingerprint density at radius 3 is 2.63 bits per heavy atom. The van der Waals surface area contributed by atoms with Crippen LogP contribution in [0.3, 0.4) is 0 Å². The lowest BCUT2D eigenvalue weighted by Crippen LogP contribution is -2.33. The van der Waals surface area contributed by atoms with E-state index >= 15 is 0 Å². The number of isocyanates is 1. The number of halogens is 1. The average molecular weight is 322 g/mol. The summed E-state index contributed by atoms with van der Waals surface area (Å²) in [5, 5.41) is 0. The number of aliphatic imine (C=N–C) groups is 1. The second-order valence-electron chi connectivity index (χ2n) is 5.40. The summed E-state index contributed by atoms with van der Waals surface area (Å²) >= 11 is 3.49. The summed E-state index contributed by atoms with van der Waals surface area (Å²) < 4.78 is 7.05. The van der Waals surface area contributed by atoms with Gasteiger partial charge in [0, 0.05) is 10.0 Å². The van der Waals surface area contributed by atoms with Gasteiger partial charge in [0.05, 0.1) is 6.10 Å². The van der Waals surface area contributed by atoms with Crippen LogP contribution in [0.5, 0.6) is 5.75 Å². The van der Waals surface area contributed by atoms with Crippen molar-refractivity contribution in [2.75, 3.05) is 0 Å². The zero-order valence-electron chi connectivity index (χ0n) is 10.7. The van der Waals surface area contributed by atoms with E-state index in [1.54, 1.807) is 6.08 Å². The standard InChI is InChI=1S/C15H16BrNO2/c16-11-5-6-14(19-12-3-1-4-12)13(9-11)15(17-10-18)7-2-8-15/h5-6,9,12H,1-4,7-8H2. The predicted molar refractivity (Wildman–Crippen MR) is 76.1 cm³/mol. The van der Waals surface area contributed by atoms with Crippen LogP contribution in [-0.4, -0.2) is 12.2 Å². The van der Waals surface area contributed by atoms with E-state index in [2.05, 4.69) is 20.9 Å². The van der Waals surface area contributed by atoms with Crippen LogP contribution in [0.25, 0.3) is 0 Å². The quantitative estimate of drug-likeness (QED) is 0.618. The van der Waals surface area contributed by atoms with Gasteiger partial charge in [-0.3, -0.25) is 0 Å². The molecule has 2 aliphatic carbocycles. The Labute approximate surface area is 121 Å². The molecule has 0 heterocycles. The number of carbonyl (C=O) groups excluding carboxylic acids is 1. The second kappa shape index (κ2) is 5.10. The third kappa shape index (κ3) is 2.35. The second-order valence-corrected chi connectivity index (χ2v) is 6.32. The van der Waals surface area contributed by atoms with Crippen molar-refractivity contribution in [1.29, 1.82) is 0 Å². The van der Waals surface area contributed by atoms with Gasteiger partial charge in [-0.25, -0.2) is 4.79 Å². The lowest BCUT2D eigenvalue weighted by Gasteiger charge is -2.39. The average Bonchev–Trinajstić information content (AvgIpc) is 2.30. The SMILES string of the molecule is O=C=NC1(c2cc(Br)ccc2OC2CCC2)CCC1. The van der Waals surface area contributed by atoms with Gasteiger partial charge in [0.1, 0.15) is 11.3 Å². The third-order valence-corrected chi connectivity index (χ3v) is 4.72. The normalized spacial score (nSPS) is 20.9. The minimum Gasteiger partial charge on any atom is -0.490 e. The molecule has 2 saturated carbocycles. The zero-order valence-corrected chi connectivity index (χ0v) is 12.3. The van der Waals surface area contributed by atoms with Crippen LogP contribution in [-0.2, 0) is 10.3 Å². The van der Waals surface area contributed by atoms with E-state index in [1.807, 2.05) is 18.2 Å². The summed E-state index contributed by atoms with van der Waals surface area (Å²) in [4.78, 5) is 14.8. The van der Waals surface area contributed by atoms with Gasteiger partial charge >= 0.3 is 0 Å². The molecule has 0 aliphatic heterocycles. The van der Waals surface area contributed by atoms with Crippen molar-refractivity contribution < 1.29 is 9.53 Å². The highest BCUT2D eigenvalue weighted by Crippen LogP contribution is 2.49. The number of benzene rings is 1. The Morgan fingerprint density at radius 1 is 1.32 bits per heavy atom. The molecular weight excluding hydrogens is 306 g/mol. The summed E-state index contributed by atoms with van der Waals surface area (Å²) in [6.45, 7) is 0. The van der Waals surface area contributed by atoms with Crippen LogP contribution in [0.15, 0.2) is 27.7 Å². The molecule has 3 rings (SSSR count). The van der Waals surface area contributed by atoms with Crippen molar-refractivity contribution in [2.24, 2.45) is 4.99 Å². The van der Waals surface area contributed by atoms with Crippen LogP contribution < -0.4 is 4.74 Å². The Balaban J connectivity index is 1.97. The summed E-state index contributed by atoms with van der Waals surface area (Å²) in [7, 11) is 0. The van der Waals surface area contributed by atoms with Crippen LogP contribution in [0.1, 0.15) is 44.1 Å². The highest BCUT2D eigenvalue weighted by atomic mass is 79.9. The van der Waals surface area contributed by atoms with Crippen LogP contribution >= 0.6 is 15.9 Å². The van der Waals surface area contributed by atoms with E-state index in [1.165, 1.54) is 6.42 Å². The van der Waals surface area contributed by atoms with Gasteiger partial charge in [-0.15, -0.1) is 0 Å². The predicted octanol–water partition coefficient (Wildman–Crippen LogP) is 4.10. The molecule has 0 aromatic heterocycles. The number of nitrogens with zero attached hydrogens (tertiary/aromatic N) is 1. The Hall–Kier alpha value is -1.12. The molecule has 0 bridgehead atoms. The maximum atomic E-state index is 10.7. The van der Waals surface area contributed by atoms with E-state index in [4.69, 9.17) is 4.74 Å². The molecule has 1 aromatic carbocycles. The molecule has 19 heavy (non-hydrogen) atoms. The van der Waals surface area contributed by atoms with Gasteiger partial charge in [-0.05, 0) is 56.7 Å². The molecule has 0 amide bonds. The molecule has 2 fully saturated rings. The van der Waals surface area contributed by atoms with Crippen molar-refractivity contribution in [1.82, 2.24) is 0 Å². The first-order chi connectivity index (χ1) is 9.23. The first-order valence-electron chi connectivity index (χ1n) is 6.79. The van der Waals surface area contributed by atoms with E-state index in [0.717, 1.165) is 47.9 Å². The summed E-state index contributed by atoms with van der Waals surface area (Å²) in [5.74, 6) is 0.881. The Bertz CT molecular complexity index is 529. The molecule has 0 unspecified atom stereocenters. The van der Waals surface area contributed by atoms with Gasteiger partial charge in [0.25, 0.3) is 0 Å². The number of hydrogen-bond donors (Lipinski definition) is 0. The number of ether oxygens (including phenoxy) is 1. The van der Waals surface area contributed by atoms with E-state index < -0.39 is 5.54 Å². The van der Waals surface area contributed by atoms with Crippen LogP contribution in [0, 0.1) is 0 Å². The molecular formula is C15H16BrNO2. The third-order valence-electron chi connectivity index (χ3n) is 4.23. The number of rotatable bonds is 4.